The zero-order chi connectivity index (χ0) is 11.1. The molecule has 1 saturated carbocycles. The highest BCUT2D eigenvalue weighted by Gasteiger charge is 2.51. The number of rotatable bonds is 2. The van der Waals surface area contributed by atoms with Gasteiger partial charge in [-0.05, 0) is 31.0 Å². The van der Waals surface area contributed by atoms with Gasteiger partial charge in [0.2, 0.25) is 0 Å². The van der Waals surface area contributed by atoms with Crippen molar-refractivity contribution < 1.29 is 9.13 Å². The van der Waals surface area contributed by atoms with Crippen molar-refractivity contribution in [3.05, 3.63) is 29.6 Å². The van der Waals surface area contributed by atoms with E-state index in [0.717, 1.165) is 12.0 Å². The molecule has 1 fully saturated rings. The Balaban J connectivity index is 2.27. The lowest BCUT2D eigenvalue weighted by atomic mass is 10.0. The molecule has 0 saturated heterocycles. The molecule has 3 heteroatoms. The topological polar surface area (TPSA) is 33.0 Å². The van der Waals surface area contributed by atoms with Crippen molar-refractivity contribution in [2.45, 2.75) is 19.3 Å². The molecule has 0 aliphatic heterocycles. The Hall–Kier alpha value is -1.56. The molecule has 0 bridgehead atoms. The molecule has 2 unspecified atom stereocenters. The minimum atomic E-state index is -0.359. The van der Waals surface area contributed by atoms with E-state index in [1.807, 2.05) is 13.0 Å². The van der Waals surface area contributed by atoms with Crippen molar-refractivity contribution >= 4 is 0 Å². The number of methoxy groups -OCH3 is 1. The summed E-state index contributed by atoms with van der Waals surface area (Å²) in [5, 5.41) is 8.90. The maximum Gasteiger partial charge on any atom is 0.165 e. The summed E-state index contributed by atoms with van der Waals surface area (Å²) in [4.78, 5) is 0. The van der Waals surface area contributed by atoms with Crippen LogP contribution < -0.4 is 4.74 Å². The molecular weight excluding hydrogens is 193 g/mol. The van der Waals surface area contributed by atoms with Gasteiger partial charge in [0.05, 0.1) is 18.6 Å². The summed E-state index contributed by atoms with van der Waals surface area (Å²) >= 11 is 0. The third kappa shape index (κ3) is 1.56. The van der Waals surface area contributed by atoms with Crippen LogP contribution in [0.4, 0.5) is 4.39 Å². The van der Waals surface area contributed by atoms with Crippen LogP contribution in [0.1, 0.15) is 24.8 Å². The Bertz CT molecular complexity index is 438. The maximum atomic E-state index is 13.4. The minimum absolute atomic E-state index is 0.169. The Labute approximate surface area is 88.3 Å². The summed E-state index contributed by atoms with van der Waals surface area (Å²) in [6.07, 6.45) is 0.815. The second kappa shape index (κ2) is 3.23. The highest BCUT2D eigenvalue weighted by atomic mass is 19.1. The lowest BCUT2D eigenvalue weighted by molar-refractivity contribution is 0.386. The molecule has 1 aromatic carbocycles. The van der Waals surface area contributed by atoms with E-state index >= 15 is 0 Å². The van der Waals surface area contributed by atoms with Crippen molar-refractivity contribution in [3.8, 4) is 11.8 Å². The molecule has 2 rings (SSSR count). The van der Waals surface area contributed by atoms with Gasteiger partial charge in [0, 0.05) is 5.92 Å². The fourth-order valence-corrected chi connectivity index (χ4v) is 1.87. The average molecular weight is 205 g/mol. The fourth-order valence-electron chi connectivity index (χ4n) is 1.87. The molecule has 1 aliphatic rings. The number of hydrogen-bond donors (Lipinski definition) is 0. The zero-order valence-electron chi connectivity index (χ0n) is 8.75. The lowest BCUT2D eigenvalue weighted by Crippen LogP contribution is -1.94. The van der Waals surface area contributed by atoms with Gasteiger partial charge in [0.25, 0.3) is 0 Å². The summed E-state index contributed by atoms with van der Waals surface area (Å²) < 4.78 is 18.2. The van der Waals surface area contributed by atoms with E-state index in [0.29, 0.717) is 0 Å². The largest absolute Gasteiger partial charge is 0.494 e. The first-order chi connectivity index (χ1) is 7.10. The van der Waals surface area contributed by atoms with Gasteiger partial charge >= 0.3 is 0 Å². The van der Waals surface area contributed by atoms with Crippen LogP contribution in [-0.4, -0.2) is 7.11 Å². The van der Waals surface area contributed by atoms with Crippen LogP contribution in [0, 0.1) is 22.6 Å². The lowest BCUT2D eigenvalue weighted by Gasteiger charge is -2.05. The molecule has 2 atom stereocenters. The van der Waals surface area contributed by atoms with Gasteiger partial charge < -0.3 is 4.74 Å². The molecule has 1 aliphatic carbocycles. The number of hydrogen-bond acceptors (Lipinski definition) is 2. The third-order valence-electron chi connectivity index (χ3n) is 3.07. The molecular formula is C12H12FNO. The zero-order valence-corrected chi connectivity index (χ0v) is 8.75. The maximum absolute atomic E-state index is 13.4. The molecule has 78 valence electrons. The first-order valence-electron chi connectivity index (χ1n) is 4.85. The van der Waals surface area contributed by atoms with Crippen molar-refractivity contribution in [1.29, 1.82) is 5.26 Å². The van der Waals surface area contributed by atoms with Crippen molar-refractivity contribution in [2.24, 2.45) is 5.41 Å². The van der Waals surface area contributed by atoms with Gasteiger partial charge in [-0.1, -0.05) is 6.07 Å². The minimum Gasteiger partial charge on any atom is -0.494 e. The first kappa shape index (κ1) is 9.97. The Morgan fingerprint density at radius 2 is 2.33 bits per heavy atom. The summed E-state index contributed by atoms with van der Waals surface area (Å²) in [5.74, 6) is 0.0585. The predicted octanol–water partition coefficient (Wildman–Crippen LogP) is 2.85. The third-order valence-corrected chi connectivity index (χ3v) is 3.07. The molecule has 1 aromatic rings. The van der Waals surface area contributed by atoms with E-state index in [9.17, 15) is 4.39 Å². The highest BCUT2D eigenvalue weighted by molar-refractivity contribution is 5.38. The van der Waals surface area contributed by atoms with Gasteiger partial charge in [-0.15, -0.1) is 0 Å². The van der Waals surface area contributed by atoms with Crippen LogP contribution in [-0.2, 0) is 0 Å². The molecule has 0 spiro atoms. The predicted molar refractivity (Wildman–Crippen MR) is 54.0 cm³/mol. The van der Waals surface area contributed by atoms with Gasteiger partial charge in [-0.25, -0.2) is 4.39 Å². The number of benzene rings is 1. The van der Waals surface area contributed by atoms with Crippen LogP contribution in [0.5, 0.6) is 5.75 Å². The quantitative estimate of drug-likeness (QED) is 0.743. The SMILES string of the molecule is COc1ccc(C2CC2(C)C#N)cc1F. The van der Waals surface area contributed by atoms with Crippen molar-refractivity contribution in [2.75, 3.05) is 7.11 Å². The smallest absolute Gasteiger partial charge is 0.165 e. The van der Waals surface area contributed by atoms with E-state index in [2.05, 4.69) is 6.07 Å². The van der Waals surface area contributed by atoms with E-state index in [1.165, 1.54) is 13.2 Å². The van der Waals surface area contributed by atoms with Crippen LogP contribution in [0.3, 0.4) is 0 Å². The molecule has 0 aromatic heterocycles. The van der Waals surface area contributed by atoms with E-state index < -0.39 is 0 Å². The van der Waals surface area contributed by atoms with Gasteiger partial charge in [-0.3, -0.25) is 0 Å². The van der Waals surface area contributed by atoms with Crippen LogP contribution >= 0.6 is 0 Å². The Morgan fingerprint density at radius 1 is 1.60 bits per heavy atom. The fraction of sp³-hybridized carbons (Fsp3) is 0.417. The van der Waals surface area contributed by atoms with Gasteiger partial charge in [0.15, 0.2) is 11.6 Å². The monoisotopic (exact) mass is 205 g/mol. The van der Waals surface area contributed by atoms with E-state index in [1.54, 1.807) is 6.07 Å². The second-order valence-electron chi connectivity index (χ2n) is 4.18. The number of nitriles is 1. The molecule has 15 heavy (non-hydrogen) atoms. The van der Waals surface area contributed by atoms with Crippen LogP contribution in [0.25, 0.3) is 0 Å². The van der Waals surface area contributed by atoms with Crippen LogP contribution in [0.2, 0.25) is 0 Å². The highest BCUT2D eigenvalue weighted by Crippen LogP contribution is 2.58. The summed E-state index contributed by atoms with van der Waals surface area (Å²) in [7, 11) is 1.44. The number of halogens is 1. The summed E-state index contributed by atoms with van der Waals surface area (Å²) in [6.45, 7) is 1.90. The van der Waals surface area contributed by atoms with E-state index in [-0.39, 0.29) is 22.9 Å². The Morgan fingerprint density at radius 3 is 2.80 bits per heavy atom. The van der Waals surface area contributed by atoms with Crippen LogP contribution in [0.15, 0.2) is 18.2 Å². The van der Waals surface area contributed by atoms with Crippen molar-refractivity contribution in [3.63, 3.8) is 0 Å². The number of nitrogens with zero attached hydrogens (tertiary/aromatic N) is 1. The first-order valence-corrected chi connectivity index (χ1v) is 4.85. The molecule has 0 amide bonds. The van der Waals surface area contributed by atoms with E-state index in [4.69, 9.17) is 10.00 Å². The normalized spacial score (nSPS) is 28.3. The average Bonchev–Trinajstić information content (AvgIpc) is 2.92. The van der Waals surface area contributed by atoms with Gasteiger partial charge in [-0.2, -0.15) is 5.26 Å². The molecule has 2 nitrogen and oxygen atoms in total. The number of ether oxygens (including phenoxy) is 1. The van der Waals surface area contributed by atoms with Crippen molar-refractivity contribution in [1.82, 2.24) is 0 Å². The molecule has 0 radical (unpaired) electrons. The molecule has 0 N–H and O–H groups in total. The second-order valence-corrected chi connectivity index (χ2v) is 4.18. The Kier molecular flexibility index (Phi) is 2.15. The molecule has 0 heterocycles. The summed E-state index contributed by atoms with van der Waals surface area (Å²) in [5.41, 5.74) is 0.582. The summed E-state index contributed by atoms with van der Waals surface area (Å²) in [6, 6.07) is 7.16. The van der Waals surface area contributed by atoms with Gasteiger partial charge in [0.1, 0.15) is 0 Å². The standard InChI is InChI=1S/C12H12FNO/c1-12(7-14)6-9(12)8-3-4-11(15-2)10(13)5-8/h3-5,9H,6H2,1-2H3.